The molecule has 11 nitrogen and oxygen atoms in total. The molecule has 0 spiro atoms. The quantitative estimate of drug-likeness (QED) is 0.0289. The van der Waals surface area contributed by atoms with Crippen molar-refractivity contribution < 1.29 is 28.8 Å². The van der Waals surface area contributed by atoms with Gasteiger partial charge in [-0.15, -0.1) is 0 Å². The number of carbonyl (C=O) groups excluding carboxylic acids is 4. The van der Waals surface area contributed by atoms with Crippen LogP contribution in [0.2, 0.25) is 0 Å². The number of esters is 1. The molecule has 1 unspecified atom stereocenters. The van der Waals surface area contributed by atoms with Crippen molar-refractivity contribution in [2.75, 3.05) is 24.3 Å². The van der Waals surface area contributed by atoms with Gasteiger partial charge in [0.15, 0.2) is 0 Å². The number of β-lactam (4-membered cyclic amide) rings is 1. The van der Waals surface area contributed by atoms with Crippen LogP contribution in [-0.2, 0) is 28.8 Å². The standard InChI is InChI=1S/C46H39ClN5O6PS2/c1-57-51-38(37-29-61-46(49-37)48-30-53)42(54)50-39-43(55)52-40(45(56)58-41(31-17-7-2-8-18-31)32-19-9-3-10-20-32)33(28-60-44(39)52)27-59(47,34-21-11-4-12-22-34,35-23-13-5-14-24-35)36-25-15-6-16-26-36/h2-26,29-30,39,41,44H,27-28H2,1H3,(H,50,54)(H,48,49,53)/t39?,44-/m1/s1. The van der Waals surface area contributed by atoms with E-state index in [4.69, 9.17) is 20.8 Å². The molecule has 0 aliphatic carbocycles. The summed E-state index contributed by atoms with van der Waals surface area (Å²) in [7, 11) is 1.28. The molecule has 2 atom stereocenters. The number of anilines is 1. The van der Waals surface area contributed by atoms with E-state index >= 15 is 4.79 Å². The molecule has 1 aromatic heterocycles. The zero-order valence-electron chi connectivity index (χ0n) is 32.7. The van der Waals surface area contributed by atoms with Gasteiger partial charge >= 0.3 is 351 Å². The number of fused-ring (bicyclic) bond motifs is 1. The first-order chi connectivity index (χ1) is 29.7. The number of amides is 3. The summed E-state index contributed by atoms with van der Waals surface area (Å²) >= 11 is 11.1. The van der Waals surface area contributed by atoms with Crippen molar-refractivity contribution in [2.45, 2.75) is 17.5 Å². The molecule has 1 saturated heterocycles. The molecule has 0 bridgehead atoms. The van der Waals surface area contributed by atoms with Gasteiger partial charge in [-0.05, 0) is 0 Å². The monoisotopic (exact) mass is 887 g/mol. The van der Waals surface area contributed by atoms with E-state index in [1.165, 1.54) is 29.2 Å². The van der Waals surface area contributed by atoms with Crippen LogP contribution in [0.5, 0.6) is 0 Å². The van der Waals surface area contributed by atoms with Crippen LogP contribution in [-0.4, -0.2) is 70.2 Å². The van der Waals surface area contributed by atoms with Crippen LogP contribution >= 0.6 is 40.3 Å². The summed E-state index contributed by atoms with van der Waals surface area (Å²) in [6.45, 7) is 0. The number of thiazole rings is 1. The Bertz CT molecular complexity index is 2480. The number of oxime groups is 1. The number of thioether (sulfide) groups is 1. The van der Waals surface area contributed by atoms with Crippen LogP contribution < -0.4 is 26.5 Å². The van der Waals surface area contributed by atoms with E-state index < -0.39 is 41.3 Å². The fourth-order valence-electron chi connectivity index (χ4n) is 7.84. The number of nitrogens with one attached hydrogen (secondary N) is 2. The van der Waals surface area contributed by atoms with E-state index in [0.29, 0.717) is 12.0 Å². The molecule has 8 rings (SSSR count). The van der Waals surface area contributed by atoms with Crippen molar-refractivity contribution in [3.63, 3.8) is 0 Å². The number of benzene rings is 5. The molecule has 61 heavy (non-hydrogen) atoms. The minimum atomic E-state index is -4.04. The molecule has 2 N–H and O–H groups in total. The van der Waals surface area contributed by atoms with Crippen molar-refractivity contribution in [1.82, 2.24) is 15.2 Å². The van der Waals surface area contributed by atoms with Gasteiger partial charge in [0.25, 0.3) is 0 Å². The van der Waals surface area contributed by atoms with Crippen LogP contribution in [0.4, 0.5) is 5.13 Å². The fourth-order valence-corrected chi connectivity index (χ4v) is 16.2. The molecule has 3 heterocycles. The molecule has 6 aromatic rings. The Balaban J connectivity index is 1.24. The van der Waals surface area contributed by atoms with Crippen molar-refractivity contribution >= 4 is 91.2 Å². The number of hydrogen-bond donors (Lipinski definition) is 2. The molecule has 2 aliphatic rings. The molecule has 308 valence electrons. The van der Waals surface area contributed by atoms with Crippen molar-refractivity contribution in [1.29, 1.82) is 0 Å². The number of nitrogens with zero attached hydrogens (tertiary/aromatic N) is 3. The van der Waals surface area contributed by atoms with Crippen LogP contribution in [0, 0.1) is 0 Å². The van der Waals surface area contributed by atoms with Gasteiger partial charge in [0.05, 0.1) is 0 Å². The Hall–Kier alpha value is -6.11. The minimum absolute atomic E-state index is 0.0865. The first kappa shape index (κ1) is 41.6. The van der Waals surface area contributed by atoms with E-state index in [-0.39, 0.29) is 34.1 Å². The van der Waals surface area contributed by atoms with Gasteiger partial charge in [0, 0.05) is 0 Å². The molecule has 2 aliphatic heterocycles. The third kappa shape index (κ3) is 7.86. The number of rotatable bonds is 15. The number of hydrogen-bond acceptors (Lipinski definition) is 10. The number of carbonyl (C=O) groups is 4. The van der Waals surface area contributed by atoms with Crippen molar-refractivity contribution in [2.24, 2.45) is 5.16 Å². The summed E-state index contributed by atoms with van der Waals surface area (Å²) in [5.41, 5.74) is 2.17. The molecular formula is C46H39ClN5O6PS2. The Morgan fingerprint density at radius 3 is 1.85 bits per heavy atom. The number of halogens is 1. The summed E-state index contributed by atoms with van der Waals surface area (Å²) in [4.78, 5) is 65.3. The number of aromatic nitrogens is 1. The summed E-state index contributed by atoms with van der Waals surface area (Å²) < 4.78 is 6.54. The second-order valence-electron chi connectivity index (χ2n) is 14.2. The first-order valence-corrected chi connectivity index (χ1v) is 24.5. The molecule has 3 amide bonds. The van der Waals surface area contributed by atoms with Gasteiger partial charge in [-0.3, -0.25) is 4.79 Å². The topological polar surface area (TPSA) is 139 Å². The molecule has 0 saturated carbocycles. The van der Waals surface area contributed by atoms with Crippen LogP contribution in [0.3, 0.4) is 0 Å². The van der Waals surface area contributed by atoms with Crippen LogP contribution in [0.15, 0.2) is 173 Å². The maximum atomic E-state index is 15.2. The Morgan fingerprint density at radius 2 is 1.36 bits per heavy atom. The zero-order valence-corrected chi connectivity index (χ0v) is 36.0. The van der Waals surface area contributed by atoms with Crippen LogP contribution in [0.1, 0.15) is 22.9 Å². The third-order valence-electron chi connectivity index (χ3n) is 10.7. The number of ether oxygens (including phenoxy) is 1. The predicted octanol–water partition coefficient (Wildman–Crippen LogP) is 6.73. The summed E-state index contributed by atoms with van der Waals surface area (Å²) in [5, 5.41) is 12.9. The predicted molar refractivity (Wildman–Crippen MR) is 244 cm³/mol. The maximum absolute atomic E-state index is 15.2. The Labute approximate surface area is 365 Å². The van der Waals surface area contributed by atoms with Crippen LogP contribution in [0.25, 0.3) is 0 Å². The third-order valence-corrected chi connectivity index (χ3v) is 20.0. The zero-order chi connectivity index (χ0) is 42.4. The Morgan fingerprint density at radius 1 is 0.852 bits per heavy atom. The fraction of sp³-hybridized carbons (Fsp3) is 0.130. The van der Waals surface area contributed by atoms with Gasteiger partial charge < -0.3 is 5.32 Å². The molecule has 15 heteroatoms. The molecular weight excluding hydrogens is 849 g/mol. The molecule has 5 aromatic carbocycles. The summed E-state index contributed by atoms with van der Waals surface area (Å²) in [6, 6.07) is 47.6. The van der Waals surface area contributed by atoms with Gasteiger partial charge in [0.2, 0.25) is 6.41 Å². The SMILES string of the molecule is CON=C(C(=O)NC1C(=O)N2C(C(=O)OC(c3ccccc3)c3ccccc3)=C(CP(Cl)(c3ccccc3)(c3ccccc3)c3ccccc3)CS[C@H]12)c1csc(NC=O)n1. The molecule has 1 fully saturated rings. The second kappa shape index (κ2) is 17.9. The summed E-state index contributed by atoms with van der Waals surface area (Å²) in [5.74, 6) is -5.69. The van der Waals surface area contributed by atoms with E-state index in [9.17, 15) is 14.4 Å². The van der Waals surface area contributed by atoms with E-state index in [1.807, 2.05) is 152 Å². The molecule has 0 radical (unpaired) electrons. The average molecular weight is 888 g/mol. The normalized spacial score (nSPS) is 17.0. The van der Waals surface area contributed by atoms with Crippen molar-refractivity contribution in [3.8, 4) is 0 Å². The van der Waals surface area contributed by atoms with Gasteiger partial charge in [-0.25, -0.2) is 0 Å². The van der Waals surface area contributed by atoms with E-state index in [1.54, 1.807) is 0 Å². The van der Waals surface area contributed by atoms with Gasteiger partial charge in [0.1, 0.15) is 0 Å². The van der Waals surface area contributed by atoms with Gasteiger partial charge in [-0.2, -0.15) is 0 Å². The first-order valence-electron chi connectivity index (χ1n) is 19.2. The second-order valence-corrected chi connectivity index (χ2v) is 22.6. The van der Waals surface area contributed by atoms with Crippen molar-refractivity contribution in [3.05, 3.63) is 185 Å². The Kier molecular flexibility index (Phi) is 12.2. The van der Waals surface area contributed by atoms with E-state index in [2.05, 4.69) is 20.8 Å². The summed E-state index contributed by atoms with van der Waals surface area (Å²) in [6.07, 6.45) is -0.137. The van der Waals surface area contributed by atoms with Gasteiger partial charge in [-0.1, -0.05) is 0 Å². The van der Waals surface area contributed by atoms with E-state index in [0.717, 1.165) is 38.4 Å². The average Bonchev–Trinajstić information content (AvgIpc) is 3.78.